The van der Waals surface area contributed by atoms with Gasteiger partial charge in [0.25, 0.3) is 0 Å². The summed E-state index contributed by atoms with van der Waals surface area (Å²) in [6.07, 6.45) is 0.634. The Morgan fingerprint density at radius 1 is 1.42 bits per heavy atom. The lowest BCUT2D eigenvalue weighted by atomic mass is 10.3. The Morgan fingerprint density at radius 2 is 2.31 bits per heavy atom. The third-order valence-corrected chi connectivity index (χ3v) is 3.81. The van der Waals surface area contributed by atoms with Crippen molar-refractivity contribution < 1.29 is 23.8 Å². The van der Waals surface area contributed by atoms with E-state index in [0.29, 0.717) is 37.8 Å². The third-order valence-electron chi connectivity index (χ3n) is 3.20. The van der Waals surface area contributed by atoms with E-state index in [0.717, 1.165) is 0 Å². The molecule has 1 aliphatic rings. The summed E-state index contributed by atoms with van der Waals surface area (Å²) in [4.78, 5) is 8.99. The molecule has 0 aliphatic carbocycles. The topological polar surface area (TPSA) is 126 Å². The first-order valence-corrected chi connectivity index (χ1v) is 8.29. The number of rotatable bonds is 6. The van der Waals surface area contributed by atoms with Crippen LogP contribution in [0.4, 0.5) is 15.9 Å². The minimum Gasteiger partial charge on any atom is -0.477 e. The Kier molecular flexibility index (Phi) is 5.96. The van der Waals surface area contributed by atoms with Gasteiger partial charge < -0.3 is 14.9 Å². The Balaban J connectivity index is 1.66. The van der Waals surface area contributed by atoms with Gasteiger partial charge >= 0.3 is 0 Å². The largest absolute Gasteiger partial charge is 0.477 e. The standard InChI is InChI=1S/C14H14BrFN6O4/c15-9-7-8(1-2-10(9)16)18-14(19-23)12-13(22-26-21-12)17-4-6-24-11-3-5-25-20-11/h1-2,7,23H,3-6H2,(H,17,22)(H,18,19). The van der Waals surface area contributed by atoms with E-state index in [-0.39, 0.29) is 21.8 Å². The molecule has 1 aromatic heterocycles. The predicted octanol–water partition coefficient (Wildman–Crippen LogP) is 2.19. The first-order chi connectivity index (χ1) is 12.7. The molecule has 2 aromatic rings. The zero-order valence-corrected chi connectivity index (χ0v) is 14.9. The second-order valence-electron chi connectivity index (χ2n) is 4.98. The molecule has 0 amide bonds. The zero-order valence-electron chi connectivity index (χ0n) is 13.3. The first-order valence-electron chi connectivity index (χ1n) is 7.49. The number of hydroxylamine groups is 1. The summed E-state index contributed by atoms with van der Waals surface area (Å²) in [6, 6.07) is 4.13. The SMILES string of the molecule is ONC(=Nc1ccc(F)c(Br)c1)c1nonc1NCCOC1=NOCC1. The average Bonchev–Trinajstić information content (AvgIpc) is 3.31. The molecular weight excluding hydrogens is 415 g/mol. The highest BCUT2D eigenvalue weighted by molar-refractivity contribution is 9.10. The lowest BCUT2D eigenvalue weighted by Crippen LogP contribution is -2.22. The van der Waals surface area contributed by atoms with E-state index in [4.69, 9.17) is 14.2 Å². The monoisotopic (exact) mass is 428 g/mol. The van der Waals surface area contributed by atoms with Crippen molar-refractivity contribution in [2.75, 3.05) is 25.1 Å². The van der Waals surface area contributed by atoms with Crippen LogP contribution < -0.4 is 10.8 Å². The average molecular weight is 429 g/mol. The highest BCUT2D eigenvalue weighted by Gasteiger charge is 2.17. The van der Waals surface area contributed by atoms with Crippen LogP contribution in [-0.2, 0) is 9.57 Å². The van der Waals surface area contributed by atoms with Gasteiger partial charge in [-0.2, -0.15) is 0 Å². The van der Waals surface area contributed by atoms with Crippen LogP contribution in [0.1, 0.15) is 12.1 Å². The van der Waals surface area contributed by atoms with Crippen molar-refractivity contribution in [3.63, 3.8) is 0 Å². The van der Waals surface area contributed by atoms with Crippen molar-refractivity contribution in [2.45, 2.75) is 6.42 Å². The molecule has 0 saturated heterocycles. The molecule has 12 heteroatoms. The van der Waals surface area contributed by atoms with E-state index in [2.05, 4.69) is 41.7 Å². The Labute approximate surface area is 155 Å². The van der Waals surface area contributed by atoms with Crippen LogP contribution in [0.5, 0.6) is 0 Å². The van der Waals surface area contributed by atoms with Crippen LogP contribution in [0.25, 0.3) is 0 Å². The summed E-state index contributed by atoms with van der Waals surface area (Å²) in [5.41, 5.74) is 2.46. The summed E-state index contributed by atoms with van der Waals surface area (Å²) < 4.78 is 23.6. The van der Waals surface area contributed by atoms with Gasteiger partial charge in [0.05, 0.1) is 23.1 Å². The molecule has 138 valence electrons. The number of amidine groups is 1. The van der Waals surface area contributed by atoms with Crippen molar-refractivity contribution in [1.29, 1.82) is 0 Å². The van der Waals surface area contributed by atoms with Crippen molar-refractivity contribution in [2.24, 2.45) is 10.1 Å². The molecule has 3 N–H and O–H groups in total. The highest BCUT2D eigenvalue weighted by Crippen LogP contribution is 2.23. The van der Waals surface area contributed by atoms with Crippen LogP contribution in [0.15, 0.2) is 37.4 Å². The van der Waals surface area contributed by atoms with Gasteiger partial charge in [0.1, 0.15) is 19.0 Å². The Bertz CT molecular complexity index is 828. The van der Waals surface area contributed by atoms with Gasteiger partial charge in [0, 0.05) is 0 Å². The van der Waals surface area contributed by atoms with E-state index < -0.39 is 5.82 Å². The summed E-state index contributed by atoms with van der Waals surface area (Å²) in [5, 5.41) is 23.5. The number of nitrogens with one attached hydrogen (secondary N) is 2. The maximum absolute atomic E-state index is 13.3. The maximum atomic E-state index is 13.3. The fourth-order valence-electron chi connectivity index (χ4n) is 2.01. The molecule has 1 aromatic carbocycles. The summed E-state index contributed by atoms with van der Waals surface area (Å²) >= 11 is 3.07. The molecule has 10 nitrogen and oxygen atoms in total. The van der Waals surface area contributed by atoms with E-state index in [9.17, 15) is 9.60 Å². The number of anilines is 1. The minimum atomic E-state index is -0.426. The van der Waals surface area contributed by atoms with Gasteiger partial charge in [-0.1, -0.05) is 5.16 Å². The van der Waals surface area contributed by atoms with Crippen LogP contribution in [0.3, 0.4) is 0 Å². The van der Waals surface area contributed by atoms with Crippen LogP contribution in [-0.4, -0.2) is 47.0 Å². The summed E-state index contributed by atoms with van der Waals surface area (Å²) in [6.45, 7) is 1.21. The number of benzene rings is 1. The Hall–Kier alpha value is -2.73. The maximum Gasteiger partial charge on any atom is 0.229 e. The third kappa shape index (κ3) is 4.46. The number of halogens is 2. The number of ether oxygens (including phenoxy) is 1. The van der Waals surface area contributed by atoms with Gasteiger partial charge in [0.15, 0.2) is 11.5 Å². The van der Waals surface area contributed by atoms with Gasteiger partial charge in [0.2, 0.25) is 11.7 Å². The van der Waals surface area contributed by atoms with Crippen molar-refractivity contribution in [3.8, 4) is 0 Å². The van der Waals surface area contributed by atoms with Gasteiger partial charge in [-0.25, -0.2) is 14.0 Å². The van der Waals surface area contributed by atoms with Crippen molar-refractivity contribution >= 4 is 39.2 Å². The molecule has 0 unspecified atom stereocenters. The van der Waals surface area contributed by atoms with Crippen LogP contribution in [0, 0.1) is 5.82 Å². The molecule has 0 fully saturated rings. The highest BCUT2D eigenvalue weighted by atomic mass is 79.9. The summed E-state index contributed by atoms with van der Waals surface area (Å²) in [5.74, 6) is 0.332. The predicted molar refractivity (Wildman–Crippen MR) is 92.0 cm³/mol. The minimum absolute atomic E-state index is 0.0262. The van der Waals surface area contributed by atoms with Gasteiger partial charge in [-0.05, 0) is 44.4 Å². The van der Waals surface area contributed by atoms with Gasteiger partial charge in [-0.3, -0.25) is 10.7 Å². The van der Waals surface area contributed by atoms with Gasteiger partial charge in [-0.15, -0.1) is 0 Å². The Morgan fingerprint density at radius 3 is 3.04 bits per heavy atom. The molecule has 0 spiro atoms. The van der Waals surface area contributed by atoms with E-state index in [1.165, 1.54) is 18.2 Å². The molecule has 0 bridgehead atoms. The number of nitrogens with zero attached hydrogens (tertiary/aromatic N) is 4. The zero-order chi connectivity index (χ0) is 18.4. The number of oxime groups is 1. The van der Waals surface area contributed by atoms with Crippen LogP contribution >= 0.6 is 15.9 Å². The number of hydrogen-bond donors (Lipinski definition) is 3. The number of hydrogen-bond acceptors (Lipinski definition) is 9. The second-order valence-corrected chi connectivity index (χ2v) is 5.83. The van der Waals surface area contributed by atoms with E-state index in [1.807, 2.05) is 5.48 Å². The van der Waals surface area contributed by atoms with E-state index >= 15 is 0 Å². The molecular formula is C14H14BrFN6O4. The molecule has 0 saturated carbocycles. The van der Waals surface area contributed by atoms with Crippen LogP contribution in [0.2, 0.25) is 0 Å². The second kappa shape index (κ2) is 8.58. The fraction of sp³-hybridized carbons (Fsp3) is 0.286. The molecule has 0 atom stereocenters. The quantitative estimate of drug-likeness (QED) is 0.276. The lowest BCUT2D eigenvalue weighted by molar-refractivity contribution is 0.171. The molecule has 2 heterocycles. The fourth-order valence-corrected chi connectivity index (χ4v) is 2.37. The normalized spacial score (nSPS) is 14.0. The van der Waals surface area contributed by atoms with Crippen molar-refractivity contribution in [1.82, 2.24) is 15.8 Å². The first kappa shape index (κ1) is 18.1. The number of aromatic nitrogens is 2. The number of aliphatic imine (C=N–C) groups is 1. The molecule has 0 radical (unpaired) electrons. The van der Waals surface area contributed by atoms with E-state index in [1.54, 1.807) is 0 Å². The smallest absolute Gasteiger partial charge is 0.229 e. The molecule has 1 aliphatic heterocycles. The summed E-state index contributed by atoms with van der Waals surface area (Å²) in [7, 11) is 0. The lowest BCUT2D eigenvalue weighted by Gasteiger charge is -2.07. The molecule has 26 heavy (non-hydrogen) atoms. The van der Waals surface area contributed by atoms with Crippen molar-refractivity contribution in [3.05, 3.63) is 34.2 Å². The molecule has 3 rings (SSSR count).